The van der Waals surface area contributed by atoms with Gasteiger partial charge in [-0.25, -0.2) is 4.79 Å². The Morgan fingerprint density at radius 2 is 1.31 bits per heavy atom. The average molecular weight is 428 g/mol. The highest BCUT2D eigenvalue weighted by atomic mass is 16.5. The van der Waals surface area contributed by atoms with E-state index in [1.807, 2.05) is 91.0 Å². The summed E-state index contributed by atoms with van der Waals surface area (Å²) < 4.78 is 7.89. The minimum absolute atomic E-state index is 0.00446. The van der Waals surface area contributed by atoms with Crippen LogP contribution in [0.3, 0.4) is 0 Å². The molecule has 6 heteroatoms. The van der Waals surface area contributed by atoms with Gasteiger partial charge in [0.05, 0.1) is 19.3 Å². The van der Waals surface area contributed by atoms with Crippen LogP contribution in [0, 0.1) is 0 Å². The summed E-state index contributed by atoms with van der Waals surface area (Å²) in [5.74, 6) is 0.147. The smallest absolute Gasteiger partial charge is 0.349 e. The van der Waals surface area contributed by atoms with E-state index in [1.54, 1.807) is 0 Å². The molecule has 0 saturated carbocycles. The number of nitrogens with zero attached hydrogens (tertiary/aromatic N) is 2. The van der Waals surface area contributed by atoms with Crippen LogP contribution in [0.1, 0.15) is 16.7 Å². The Hall–Kier alpha value is -3.74. The average Bonchev–Trinajstić information content (AvgIpc) is 2.83. The van der Waals surface area contributed by atoms with E-state index < -0.39 is 17.4 Å². The molecule has 0 amide bonds. The van der Waals surface area contributed by atoms with Crippen molar-refractivity contribution in [2.45, 2.75) is 18.2 Å². The topological polar surface area (TPSA) is 90.4 Å². The van der Waals surface area contributed by atoms with Gasteiger partial charge in [0.2, 0.25) is 0 Å². The van der Waals surface area contributed by atoms with E-state index in [9.17, 15) is 9.90 Å². The summed E-state index contributed by atoms with van der Waals surface area (Å²) in [6, 6.07) is 31.3. The number of ether oxygens (including phenoxy) is 1. The predicted molar refractivity (Wildman–Crippen MR) is 124 cm³/mol. The number of nitrogen functional groups attached to an aromatic ring is 1. The highest BCUT2D eigenvalue weighted by Crippen LogP contribution is 2.40. The number of rotatable bonds is 8. The van der Waals surface area contributed by atoms with Crippen molar-refractivity contribution in [2.24, 2.45) is 0 Å². The van der Waals surface area contributed by atoms with Gasteiger partial charge in [-0.15, -0.1) is 0 Å². The molecule has 4 rings (SSSR count). The fourth-order valence-electron chi connectivity index (χ4n) is 3.85. The van der Waals surface area contributed by atoms with E-state index in [-0.39, 0.29) is 19.0 Å². The summed E-state index contributed by atoms with van der Waals surface area (Å²) in [6.45, 7) is 0.0378. The lowest BCUT2D eigenvalue weighted by atomic mass is 9.80. The first kappa shape index (κ1) is 21.5. The maximum Gasteiger partial charge on any atom is 0.349 e. The molecule has 3 aromatic carbocycles. The van der Waals surface area contributed by atoms with Gasteiger partial charge in [-0.1, -0.05) is 91.0 Å². The molecule has 1 aromatic heterocycles. The van der Waals surface area contributed by atoms with E-state index in [2.05, 4.69) is 4.98 Å². The van der Waals surface area contributed by atoms with Crippen molar-refractivity contribution in [1.82, 2.24) is 9.55 Å². The number of nitrogens with two attached hydrogens (primary N) is 1. The maximum absolute atomic E-state index is 12.1. The predicted octanol–water partition coefficient (Wildman–Crippen LogP) is 3.20. The van der Waals surface area contributed by atoms with Crippen LogP contribution in [-0.4, -0.2) is 27.4 Å². The molecular formula is C26H25N3O3. The van der Waals surface area contributed by atoms with Crippen LogP contribution in [-0.2, 0) is 16.9 Å². The van der Waals surface area contributed by atoms with Gasteiger partial charge >= 0.3 is 5.69 Å². The van der Waals surface area contributed by atoms with Crippen molar-refractivity contribution in [2.75, 3.05) is 12.3 Å². The van der Waals surface area contributed by atoms with Gasteiger partial charge in [-0.05, 0) is 22.8 Å². The van der Waals surface area contributed by atoms with E-state index >= 15 is 0 Å². The Morgan fingerprint density at radius 3 is 1.75 bits per heavy atom. The lowest BCUT2D eigenvalue weighted by Gasteiger charge is -2.36. The van der Waals surface area contributed by atoms with Crippen molar-refractivity contribution in [3.05, 3.63) is 130 Å². The van der Waals surface area contributed by atoms with Gasteiger partial charge in [0.1, 0.15) is 11.4 Å². The van der Waals surface area contributed by atoms with E-state index in [1.165, 1.54) is 16.8 Å². The zero-order valence-corrected chi connectivity index (χ0v) is 17.5. The normalized spacial score (nSPS) is 12.4. The van der Waals surface area contributed by atoms with Crippen LogP contribution < -0.4 is 11.4 Å². The van der Waals surface area contributed by atoms with Gasteiger partial charge in [-0.3, -0.25) is 4.57 Å². The molecule has 162 valence electrons. The van der Waals surface area contributed by atoms with Gasteiger partial charge in [-0.2, -0.15) is 4.98 Å². The molecule has 0 aliphatic rings. The van der Waals surface area contributed by atoms with E-state index in [4.69, 9.17) is 10.5 Å². The molecule has 1 unspecified atom stereocenters. The highest BCUT2D eigenvalue weighted by molar-refractivity contribution is 5.47. The SMILES string of the molecule is Nc1ccn(CC(O)COC(c2ccccc2)(c2ccccc2)c2ccccc2)c(=O)n1. The second-order valence-electron chi connectivity index (χ2n) is 7.53. The first-order chi connectivity index (χ1) is 15.6. The molecule has 1 atom stereocenters. The fourth-order valence-corrected chi connectivity index (χ4v) is 3.85. The van der Waals surface area contributed by atoms with Crippen molar-refractivity contribution in [3.8, 4) is 0 Å². The maximum atomic E-state index is 12.1. The molecule has 4 aromatic rings. The van der Waals surface area contributed by atoms with Gasteiger partial charge in [0.15, 0.2) is 0 Å². The Balaban J connectivity index is 1.72. The second-order valence-corrected chi connectivity index (χ2v) is 7.53. The molecular weight excluding hydrogens is 402 g/mol. The van der Waals surface area contributed by atoms with Crippen LogP contribution in [0.15, 0.2) is 108 Å². The molecule has 6 nitrogen and oxygen atoms in total. The first-order valence-corrected chi connectivity index (χ1v) is 10.4. The summed E-state index contributed by atoms with van der Waals surface area (Å²) in [5.41, 5.74) is 6.93. The number of aromatic nitrogens is 2. The Bertz CT molecular complexity index is 1100. The quantitative estimate of drug-likeness (QED) is 0.422. The summed E-state index contributed by atoms with van der Waals surface area (Å²) in [5, 5.41) is 10.8. The van der Waals surface area contributed by atoms with Crippen molar-refractivity contribution in [1.29, 1.82) is 0 Å². The van der Waals surface area contributed by atoms with Crippen molar-refractivity contribution >= 4 is 5.82 Å². The number of hydrogen-bond acceptors (Lipinski definition) is 5. The molecule has 0 aliphatic heterocycles. The molecule has 1 heterocycles. The molecule has 32 heavy (non-hydrogen) atoms. The van der Waals surface area contributed by atoms with Crippen LogP contribution in [0.2, 0.25) is 0 Å². The number of aliphatic hydroxyl groups is 1. The zero-order valence-electron chi connectivity index (χ0n) is 17.5. The van der Waals surface area contributed by atoms with Crippen LogP contribution in [0.5, 0.6) is 0 Å². The van der Waals surface area contributed by atoms with Crippen LogP contribution >= 0.6 is 0 Å². The largest absolute Gasteiger partial charge is 0.389 e. The lowest BCUT2D eigenvalue weighted by Crippen LogP contribution is -2.37. The van der Waals surface area contributed by atoms with Crippen molar-refractivity contribution < 1.29 is 9.84 Å². The van der Waals surface area contributed by atoms with Gasteiger partial charge in [0.25, 0.3) is 0 Å². The molecule has 0 fully saturated rings. The molecule has 0 bridgehead atoms. The number of anilines is 1. The number of aliphatic hydroxyl groups excluding tert-OH is 1. The lowest BCUT2D eigenvalue weighted by molar-refractivity contribution is -0.0426. The van der Waals surface area contributed by atoms with Crippen molar-refractivity contribution in [3.63, 3.8) is 0 Å². The molecule has 0 radical (unpaired) electrons. The van der Waals surface area contributed by atoms with Gasteiger partial charge in [0, 0.05) is 6.20 Å². The minimum atomic E-state index is -0.936. The molecule has 0 spiro atoms. The van der Waals surface area contributed by atoms with Crippen LogP contribution in [0.4, 0.5) is 5.82 Å². The summed E-state index contributed by atoms with van der Waals surface area (Å²) in [7, 11) is 0. The monoisotopic (exact) mass is 427 g/mol. The minimum Gasteiger partial charge on any atom is -0.389 e. The summed E-state index contributed by atoms with van der Waals surface area (Å²) >= 11 is 0. The third-order valence-corrected chi connectivity index (χ3v) is 5.34. The van der Waals surface area contributed by atoms with E-state index in [0.29, 0.717) is 0 Å². The highest BCUT2D eigenvalue weighted by Gasteiger charge is 2.38. The molecule has 0 aliphatic carbocycles. The van der Waals surface area contributed by atoms with Gasteiger partial charge < -0.3 is 15.6 Å². The molecule has 3 N–H and O–H groups in total. The third-order valence-electron chi connectivity index (χ3n) is 5.34. The standard InChI is InChI=1S/C26H25N3O3/c27-24-16-17-29(25(31)28-24)18-23(30)19-32-26(20-10-4-1-5-11-20,21-12-6-2-7-13-21)22-14-8-3-9-15-22/h1-17,23,30H,18-19H2,(H2,27,28,31). The number of benzene rings is 3. The summed E-state index contributed by atoms with van der Waals surface area (Å²) in [4.78, 5) is 15.8. The Morgan fingerprint density at radius 1 is 0.844 bits per heavy atom. The first-order valence-electron chi connectivity index (χ1n) is 10.4. The van der Waals surface area contributed by atoms with Crippen LogP contribution in [0.25, 0.3) is 0 Å². The zero-order chi connectivity index (χ0) is 22.4. The summed E-state index contributed by atoms with van der Waals surface area (Å²) in [6.07, 6.45) is 0.584. The van der Waals surface area contributed by atoms with E-state index in [0.717, 1.165) is 16.7 Å². The fraction of sp³-hybridized carbons (Fsp3) is 0.154. The Kier molecular flexibility index (Phi) is 6.44. The Labute approximate surface area is 186 Å². The third kappa shape index (κ3) is 4.46. The molecule has 0 saturated heterocycles. The number of hydrogen-bond donors (Lipinski definition) is 2. The second kappa shape index (κ2) is 9.60.